The summed E-state index contributed by atoms with van der Waals surface area (Å²) in [5.74, 6) is -0.00168. The molecule has 1 N–H and O–H groups in total. The number of hydrogen-bond donors (Lipinski definition) is 1. The smallest absolute Gasteiger partial charge is 0.178 e. The maximum Gasteiger partial charge on any atom is 0.178 e. The van der Waals surface area contributed by atoms with Gasteiger partial charge in [0.05, 0.1) is 0 Å². The van der Waals surface area contributed by atoms with Gasteiger partial charge in [-0.2, -0.15) is 0 Å². The first-order chi connectivity index (χ1) is 11.6. The zero-order valence-electron chi connectivity index (χ0n) is 12.5. The summed E-state index contributed by atoms with van der Waals surface area (Å²) in [7, 11) is 0. The number of rotatable bonds is 3. The largest absolute Gasteiger partial charge is 0.768 e. The Balaban J connectivity index is 2.28. The van der Waals surface area contributed by atoms with Crippen LogP contribution in [0.4, 0.5) is 0 Å². The van der Waals surface area contributed by atoms with Crippen molar-refractivity contribution in [3.63, 3.8) is 0 Å². The van der Waals surface area contributed by atoms with Crippen molar-refractivity contribution in [3.8, 4) is 5.75 Å². The van der Waals surface area contributed by atoms with Crippen molar-refractivity contribution in [1.82, 2.24) is 0 Å². The number of ketones is 1. The molecule has 5 heteroatoms. The first kappa shape index (κ1) is 16.1. The lowest BCUT2D eigenvalue weighted by atomic mass is 9.91. The summed E-state index contributed by atoms with van der Waals surface area (Å²) in [5.41, 5.74) is 2.67. The average Bonchev–Trinajstić information content (AvgIpc) is 2.59. The van der Waals surface area contributed by atoms with Crippen LogP contribution in [0.3, 0.4) is 0 Å². The van der Waals surface area contributed by atoms with Gasteiger partial charge in [-0.3, -0.25) is 9.00 Å². The zero-order chi connectivity index (χ0) is 17.1. The number of aromatic hydroxyl groups is 1. The predicted molar refractivity (Wildman–Crippen MR) is 91.0 cm³/mol. The molecule has 24 heavy (non-hydrogen) atoms. The average molecular weight is 337 g/mol. The van der Waals surface area contributed by atoms with Gasteiger partial charge in [0.25, 0.3) is 0 Å². The number of phenolic OH excluding ortho intramolecular Hbond substituents is 1. The van der Waals surface area contributed by atoms with E-state index < -0.39 is 11.1 Å². The Morgan fingerprint density at radius 1 is 0.917 bits per heavy atom. The Bertz CT molecular complexity index is 887. The van der Waals surface area contributed by atoms with Crippen LogP contribution < -0.4 is 0 Å². The second-order valence-corrected chi connectivity index (χ2v) is 6.09. The minimum Gasteiger partial charge on any atom is -0.768 e. The topological polar surface area (TPSA) is 77.4 Å². The lowest BCUT2D eigenvalue weighted by Gasteiger charge is -2.18. The summed E-state index contributed by atoms with van der Waals surface area (Å²) in [6, 6.07) is 13.2. The highest BCUT2D eigenvalue weighted by molar-refractivity contribution is 7.79. The summed E-state index contributed by atoms with van der Waals surface area (Å²) in [5, 5.41) is 9.51. The maximum absolute atomic E-state index is 11.6. The fourth-order valence-electron chi connectivity index (χ4n) is 2.55. The maximum atomic E-state index is 11.6. The van der Waals surface area contributed by atoms with Crippen molar-refractivity contribution in [3.05, 3.63) is 89.5 Å². The normalized spacial score (nSPS) is 14.7. The molecule has 0 aromatic heterocycles. The summed E-state index contributed by atoms with van der Waals surface area (Å²) in [4.78, 5) is 11.6. The third-order valence-electron chi connectivity index (χ3n) is 3.63. The number of allylic oxidation sites excluding steroid dienone is 5. The number of carbonyl (C=O) groups excluding carboxylic acids is 1. The van der Waals surface area contributed by atoms with Gasteiger partial charge >= 0.3 is 0 Å². The van der Waals surface area contributed by atoms with Crippen LogP contribution >= 0.6 is 0 Å². The Kier molecular flexibility index (Phi) is 4.55. The SMILES string of the molecule is O=C1C=CC(=C(c2ccc(O)cc2)c2ccccc2S(=O)[O-])C=C1. The minimum absolute atomic E-state index is 0.119. The lowest BCUT2D eigenvalue weighted by molar-refractivity contribution is -0.110. The number of hydrogen-bond acceptors (Lipinski definition) is 4. The first-order valence-corrected chi connectivity index (χ1v) is 8.26. The Labute approximate surface area is 141 Å². The third-order valence-corrected chi connectivity index (χ3v) is 4.35. The van der Waals surface area contributed by atoms with E-state index in [-0.39, 0.29) is 16.4 Å². The number of benzene rings is 2. The van der Waals surface area contributed by atoms with Crippen molar-refractivity contribution in [2.24, 2.45) is 0 Å². The van der Waals surface area contributed by atoms with Gasteiger partial charge in [0.15, 0.2) is 5.78 Å². The van der Waals surface area contributed by atoms with E-state index in [1.807, 2.05) is 0 Å². The standard InChI is InChI=1S/C19H14O4S/c20-15-9-5-13(6-10-15)19(14-7-11-16(21)12-8-14)17-3-1-2-4-18(17)24(22)23/h1-12,20H,(H,22,23)/p-1. The van der Waals surface area contributed by atoms with E-state index >= 15 is 0 Å². The van der Waals surface area contributed by atoms with Crippen LogP contribution in [0.25, 0.3) is 5.57 Å². The molecular weight excluding hydrogens is 324 g/mol. The molecule has 1 atom stereocenters. The summed E-state index contributed by atoms with van der Waals surface area (Å²) in [6.45, 7) is 0. The van der Waals surface area contributed by atoms with Gasteiger partial charge < -0.3 is 9.66 Å². The third kappa shape index (κ3) is 3.27. The van der Waals surface area contributed by atoms with E-state index in [0.29, 0.717) is 11.1 Å². The molecule has 0 saturated heterocycles. The van der Waals surface area contributed by atoms with Gasteiger partial charge in [-0.05, 0) is 63.7 Å². The summed E-state index contributed by atoms with van der Waals surface area (Å²) < 4.78 is 23.2. The molecule has 1 aliphatic rings. The number of carbonyl (C=O) groups is 1. The second-order valence-electron chi connectivity index (χ2n) is 5.18. The molecule has 120 valence electrons. The summed E-state index contributed by atoms with van der Waals surface area (Å²) in [6.07, 6.45) is 6.20. The van der Waals surface area contributed by atoms with Crippen LogP contribution in [-0.2, 0) is 15.9 Å². The van der Waals surface area contributed by atoms with Gasteiger partial charge in [0, 0.05) is 4.90 Å². The van der Waals surface area contributed by atoms with Crippen molar-refractivity contribution in [2.75, 3.05) is 0 Å². The van der Waals surface area contributed by atoms with E-state index in [0.717, 1.165) is 11.1 Å². The number of phenols is 1. The van der Waals surface area contributed by atoms with Crippen molar-refractivity contribution < 1.29 is 18.7 Å². The van der Waals surface area contributed by atoms with Crippen LogP contribution in [0.15, 0.2) is 83.3 Å². The molecule has 0 radical (unpaired) electrons. The van der Waals surface area contributed by atoms with Crippen molar-refractivity contribution in [2.45, 2.75) is 4.90 Å². The highest BCUT2D eigenvalue weighted by atomic mass is 32.2. The van der Waals surface area contributed by atoms with Crippen LogP contribution in [-0.4, -0.2) is 19.7 Å². The molecule has 0 spiro atoms. The fraction of sp³-hybridized carbons (Fsp3) is 0. The van der Waals surface area contributed by atoms with Gasteiger partial charge in [-0.25, -0.2) is 0 Å². The quantitative estimate of drug-likeness (QED) is 0.873. The van der Waals surface area contributed by atoms with E-state index in [1.54, 1.807) is 42.5 Å². The van der Waals surface area contributed by atoms with Crippen molar-refractivity contribution >= 4 is 22.4 Å². The highest BCUT2D eigenvalue weighted by Crippen LogP contribution is 2.33. The first-order valence-electron chi connectivity index (χ1n) is 7.19. The van der Waals surface area contributed by atoms with E-state index in [1.165, 1.54) is 30.4 Å². The van der Waals surface area contributed by atoms with Crippen LogP contribution in [0.5, 0.6) is 5.75 Å². The summed E-state index contributed by atoms with van der Waals surface area (Å²) >= 11 is -2.40. The monoisotopic (exact) mass is 337 g/mol. The molecule has 0 fully saturated rings. The Morgan fingerprint density at radius 3 is 2.17 bits per heavy atom. The molecule has 0 bridgehead atoms. The van der Waals surface area contributed by atoms with Crippen LogP contribution in [0, 0.1) is 0 Å². The molecule has 0 aliphatic heterocycles. The Morgan fingerprint density at radius 2 is 1.54 bits per heavy atom. The fourth-order valence-corrected chi connectivity index (χ4v) is 3.09. The highest BCUT2D eigenvalue weighted by Gasteiger charge is 2.15. The van der Waals surface area contributed by atoms with Crippen LogP contribution in [0.1, 0.15) is 11.1 Å². The Hall–Kier alpha value is -2.76. The van der Waals surface area contributed by atoms with E-state index in [4.69, 9.17) is 0 Å². The molecule has 0 saturated carbocycles. The molecule has 1 aliphatic carbocycles. The van der Waals surface area contributed by atoms with Gasteiger partial charge in [-0.15, -0.1) is 0 Å². The van der Waals surface area contributed by atoms with E-state index in [2.05, 4.69) is 0 Å². The lowest BCUT2D eigenvalue weighted by Crippen LogP contribution is -2.01. The van der Waals surface area contributed by atoms with Crippen LogP contribution in [0.2, 0.25) is 0 Å². The van der Waals surface area contributed by atoms with E-state index in [9.17, 15) is 18.7 Å². The molecule has 2 aromatic carbocycles. The van der Waals surface area contributed by atoms with Crippen molar-refractivity contribution in [1.29, 1.82) is 0 Å². The molecule has 4 nitrogen and oxygen atoms in total. The predicted octanol–water partition coefficient (Wildman–Crippen LogP) is 3.13. The molecule has 1 unspecified atom stereocenters. The molecule has 0 amide bonds. The van der Waals surface area contributed by atoms with Gasteiger partial charge in [0.1, 0.15) is 5.75 Å². The van der Waals surface area contributed by atoms with Gasteiger partial charge in [-0.1, -0.05) is 42.5 Å². The molecule has 2 aromatic rings. The minimum atomic E-state index is -2.40. The molecule has 3 rings (SSSR count). The second kappa shape index (κ2) is 6.78. The van der Waals surface area contributed by atoms with Gasteiger partial charge in [0.2, 0.25) is 0 Å². The molecule has 0 heterocycles. The molecular formula is C19H13O4S-. The zero-order valence-corrected chi connectivity index (χ0v) is 13.3.